The molecule has 0 heterocycles. The molecule has 4 nitrogen and oxygen atoms in total. The zero-order valence-corrected chi connectivity index (χ0v) is 12.9. The first-order valence-electron chi connectivity index (χ1n) is 6.17. The number of nitrogens with two attached hydrogens (primary N) is 1. The van der Waals surface area contributed by atoms with E-state index in [0.717, 1.165) is 5.56 Å². The number of halogens is 2. The first kappa shape index (κ1) is 15.3. The summed E-state index contributed by atoms with van der Waals surface area (Å²) >= 11 is 3.17. The summed E-state index contributed by atoms with van der Waals surface area (Å²) in [5.74, 6) is -0.0787. The maximum Gasteiger partial charge on any atom is 0.252 e. The lowest BCUT2D eigenvalue weighted by atomic mass is 10.1. The third-order valence-electron chi connectivity index (χ3n) is 2.92. The summed E-state index contributed by atoms with van der Waals surface area (Å²) in [6.07, 6.45) is 0. The minimum Gasteiger partial charge on any atom is -0.496 e. The SMILES string of the molecule is COc1ccc(N)cc1CNC(=O)c1ccc(F)cc1Br. The van der Waals surface area contributed by atoms with Gasteiger partial charge < -0.3 is 15.8 Å². The molecule has 2 rings (SSSR count). The van der Waals surface area contributed by atoms with Crippen molar-refractivity contribution in [3.63, 3.8) is 0 Å². The zero-order chi connectivity index (χ0) is 15.4. The van der Waals surface area contributed by atoms with Crippen LogP contribution in [0.3, 0.4) is 0 Å². The molecule has 1 amide bonds. The van der Waals surface area contributed by atoms with E-state index in [1.165, 1.54) is 18.2 Å². The number of amides is 1. The van der Waals surface area contributed by atoms with E-state index in [1.807, 2.05) is 0 Å². The lowest BCUT2D eigenvalue weighted by Gasteiger charge is -2.11. The van der Waals surface area contributed by atoms with Crippen molar-refractivity contribution in [3.05, 3.63) is 57.8 Å². The lowest BCUT2D eigenvalue weighted by Crippen LogP contribution is -2.23. The number of benzene rings is 2. The second-order valence-electron chi connectivity index (χ2n) is 4.38. The van der Waals surface area contributed by atoms with E-state index in [9.17, 15) is 9.18 Å². The van der Waals surface area contributed by atoms with Crippen LogP contribution in [0.25, 0.3) is 0 Å². The number of nitrogen functional groups attached to an aromatic ring is 1. The monoisotopic (exact) mass is 352 g/mol. The van der Waals surface area contributed by atoms with Crippen molar-refractivity contribution in [1.29, 1.82) is 0 Å². The molecule has 0 spiro atoms. The van der Waals surface area contributed by atoms with Gasteiger partial charge in [-0.3, -0.25) is 4.79 Å². The third-order valence-corrected chi connectivity index (χ3v) is 3.58. The van der Waals surface area contributed by atoms with Gasteiger partial charge in [-0.25, -0.2) is 4.39 Å². The molecule has 2 aromatic rings. The van der Waals surface area contributed by atoms with Crippen LogP contribution in [0.4, 0.5) is 10.1 Å². The van der Waals surface area contributed by atoms with Crippen LogP contribution < -0.4 is 15.8 Å². The Morgan fingerprint density at radius 2 is 2.10 bits per heavy atom. The van der Waals surface area contributed by atoms with E-state index in [1.54, 1.807) is 25.3 Å². The quantitative estimate of drug-likeness (QED) is 0.831. The fourth-order valence-electron chi connectivity index (χ4n) is 1.88. The van der Waals surface area contributed by atoms with Gasteiger partial charge in [-0.15, -0.1) is 0 Å². The Hall–Kier alpha value is -2.08. The molecule has 110 valence electrons. The van der Waals surface area contributed by atoms with Crippen LogP contribution in [-0.4, -0.2) is 13.0 Å². The van der Waals surface area contributed by atoms with Crippen molar-refractivity contribution in [1.82, 2.24) is 5.32 Å². The molecular formula is C15H14BrFN2O2. The van der Waals surface area contributed by atoms with Gasteiger partial charge in [-0.05, 0) is 52.3 Å². The van der Waals surface area contributed by atoms with E-state index in [2.05, 4.69) is 21.2 Å². The van der Waals surface area contributed by atoms with E-state index < -0.39 is 5.82 Å². The average Bonchev–Trinajstić information content (AvgIpc) is 2.45. The van der Waals surface area contributed by atoms with Crippen LogP contribution >= 0.6 is 15.9 Å². The van der Waals surface area contributed by atoms with Crippen molar-refractivity contribution < 1.29 is 13.9 Å². The lowest BCUT2D eigenvalue weighted by molar-refractivity contribution is 0.0950. The predicted octanol–water partition coefficient (Wildman–Crippen LogP) is 3.11. The number of anilines is 1. The molecule has 0 aromatic heterocycles. The molecule has 0 unspecified atom stereocenters. The van der Waals surface area contributed by atoms with Gasteiger partial charge in [-0.1, -0.05) is 0 Å². The summed E-state index contributed by atoms with van der Waals surface area (Å²) in [6.45, 7) is 0.261. The predicted molar refractivity (Wildman–Crippen MR) is 82.7 cm³/mol. The summed E-state index contributed by atoms with van der Waals surface area (Å²) in [4.78, 5) is 12.1. The number of rotatable bonds is 4. The number of methoxy groups -OCH3 is 1. The summed E-state index contributed by atoms with van der Waals surface area (Å²) in [7, 11) is 1.55. The Bertz CT molecular complexity index is 677. The van der Waals surface area contributed by atoms with Gasteiger partial charge in [0.1, 0.15) is 11.6 Å². The molecule has 0 aliphatic carbocycles. The van der Waals surface area contributed by atoms with Crippen LogP contribution in [0.2, 0.25) is 0 Å². The molecule has 21 heavy (non-hydrogen) atoms. The number of ether oxygens (including phenoxy) is 1. The van der Waals surface area contributed by atoms with Gasteiger partial charge in [0, 0.05) is 22.3 Å². The van der Waals surface area contributed by atoms with Gasteiger partial charge in [0.05, 0.1) is 12.7 Å². The van der Waals surface area contributed by atoms with E-state index in [4.69, 9.17) is 10.5 Å². The fraction of sp³-hybridized carbons (Fsp3) is 0.133. The Morgan fingerprint density at radius 3 is 2.76 bits per heavy atom. The second-order valence-corrected chi connectivity index (χ2v) is 5.23. The maximum absolute atomic E-state index is 13.0. The van der Waals surface area contributed by atoms with Crippen LogP contribution in [0.15, 0.2) is 40.9 Å². The molecule has 3 N–H and O–H groups in total. The van der Waals surface area contributed by atoms with Gasteiger partial charge in [0.15, 0.2) is 0 Å². The van der Waals surface area contributed by atoms with Crippen LogP contribution in [0, 0.1) is 5.82 Å². The fourth-order valence-corrected chi connectivity index (χ4v) is 2.41. The van der Waals surface area contributed by atoms with Crippen molar-refractivity contribution in [2.75, 3.05) is 12.8 Å². The summed E-state index contributed by atoms with van der Waals surface area (Å²) in [5.41, 5.74) is 7.44. The van der Waals surface area contributed by atoms with Crippen molar-refractivity contribution in [3.8, 4) is 5.75 Å². The van der Waals surface area contributed by atoms with E-state index >= 15 is 0 Å². The number of hydrogen-bond donors (Lipinski definition) is 2. The van der Waals surface area contributed by atoms with Crippen molar-refractivity contribution >= 4 is 27.5 Å². The standard InChI is InChI=1S/C15H14BrFN2O2/c1-21-14-5-3-11(18)6-9(14)8-19-15(20)12-4-2-10(17)7-13(12)16/h2-7H,8,18H2,1H3,(H,19,20). The van der Waals surface area contributed by atoms with Crippen molar-refractivity contribution in [2.45, 2.75) is 6.54 Å². The third kappa shape index (κ3) is 3.72. The molecule has 2 aromatic carbocycles. The molecule has 0 saturated heterocycles. The highest BCUT2D eigenvalue weighted by Gasteiger charge is 2.12. The molecule has 0 aliphatic heterocycles. The largest absolute Gasteiger partial charge is 0.496 e. The number of hydrogen-bond acceptors (Lipinski definition) is 3. The van der Waals surface area contributed by atoms with Gasteiger partial charge in [-0.2, -0.15) is 0 Å². The van der Waals surface area contributed by atoms with Crippen LogP contribution in [0.5, 0.6) is 5.75 Å². The Balaban J connectivity index is 2.12. The summed E-state index contributed by atoms with van der Waals surface area (Å²) in [6, 6.07) is 9.10. The molecule has 0 radical (unpaired) electrons. The number of carbonyl (C=O) groups excluding carboxylic acids is 1. The molecule has 0 aliphatic rings. The van der Waals surface area contributed by atoms with Crippen molar-refractivity contribution in [2.24, 2.45) is 0 Å². The number of carbonyl (C=O) groups is 1. The minimum atomic E-state index is -0.407. The minimum absolute atomic E-state index is 0.261. The second kappa shape index (κ2) is 6.58. The normalized spacial score (nSPS) is 10.2. The highest BCUT2D eigenvalue weighted by Crippen LogP contribution is 2.22. The Morgan fingerprint density at radius 1 is 1.33 bits per heavy atom. The summed E-state index contributed by atoms with van der Waals surface area (Å²) in [5, 5.41) is 2.75. The topological polar surface area (TPSA) is 64.3 Å². The molecule has 0 saturated carbocycles. The Labute approximate surface area is 130 Å². The first-order chi connectivity index (χ1) is 10.0. The molecule has 0 fully saturated rings. The number of nitrogens with one attached hydrogen (secondary N) is 1. The van der Waals surface area contributed by atoms with Crippen LogP contribution in [-0.2, 0) is 6.54 Å². The Kier molecular flexibility index (Phi) is 4.80. The maximum atomic E-state index is 13.0. The molecular weight excluding hydrogens is 339 g/mol. The highest BCUT2D eigenvalue weighted by atomic mass is 79.9. The summed E-state index contributed by atoms with van der Waals surface area (Å²) < 4.78 is 18.6. The zero-order valence-electron chi connectivity index (χ0n) is 11.3. The van der Waals surface area contributed by atoms with Gasteiger partial charge in [0.2, 0.25) is 0 Å². The van der Waals surface area contributed by atoms with Gasteiger partial charge in [0.25, 0.3) is 5.91 Å². The van der Waals surface area contributed by atoms with E-state index in [0.29, 0.717) is 21.5 Å². The van der Waals surface area contributed by atoms with E-state index in [-0.39, 0.29) is 12.5 Å². The molecule has 0 atom stereocenters. The molecule has 0 bridgehead atoms. The first-order valence-corrected chi connectivity index (χ1v) is 6.96. The van der Waals surface area contributed by atoms with Crippen LogP contribution in [0.1, 0.15) is 15.9 Å². The smallest absolute Gasteiger partial charge is 0.252 e. The highest BCUT2D eigenvalue weighted by molar-refractivity contribution is 9.10. The average molecular weight is 353 g/mol. The van der Waals surface area contributed by atoms with Gasteiger partial charge >= 0.3 is 0 Å². The molecule has 6 heteroatoms.